The molecule has 98 heavy (non-hydrogen) atoms. The third kappa shape index (κ3) is 9.78. The third-order valence-corrected chi connectivity index (χ3v) is 20.6. The highest BCUT2D eigenvalue weighted by atomic mass is 16.3. The van der Waals surface area contributed by atoms with Crippen molar-refractivity contribution in [3.05, 3.63) is 301 Å². The minimum Gasteiger partial charge on any atom is -0.454 e. The molecular formula is C94H78N2O2. The van der Waals surface area contributed by atoms with Crippen molar-refractivity contribution in [3.8, 4) is 66.8 Å². The fourth-order valence-electron chi connectivity index (χ4n) is 15.8. The Morgan fingerprint density at radius 2 is 0.531 bits per heavy atom. The van der Waals surface area contributed by atoms with Crippen molar-refractivity contribution >= 4 is 99.5 Å². The molecule has 0 amide bonds. The van der Waals surface area contributed by atoms with Crippen LogP contribution in [0.3, 0.4) is 0 Å². The SMILES string of the molecule is CC(C)c1ccc(N(c2ccc3c(-c4ccccc4)c4c(c(-c5ccccc5)c3c2)-c2c-4c(-c3ccccc3)c3cc(N(c4ccc(C(C)C)cc4)c4cccc5c4oc4c(C(C)(C)C)cccc45)ccc3c2-c2ccccc2)c2cccc3c2oc2c(C(C)(C)C)cccc23)cc1. The highest BCUT2D eigenvalue weighted by molar-refractivity contribution is 6.33. The van der Waals surface area contributed by atoms with Gasteiger partial charge in [0.15, 0.2) is 11.2 Å². The molecule has 0 fully saturated rings. The molecule has 2 aromatic heterocycles. The van der Waals surface area contributed by atoms with Crippen molar-refractivity contribution in [2.45, 2.75) is 91.9 Å². The van der Waals surface area contributed by atoms with Crippen LogP contribution in [-0.4, -0.2) is 0 Å². The topological polar surface area (TPSA) is 32.8 Å². The largest absolute Gasteiger partial charge is 0.454 e. The molecule has 0 unspecified atom stereocenters. The van der Waals surface area contributed by atoms with E-state index in [2.05, 4.69) is 358 Å². The minimum absolute atomic E-state index is 0.133. The van der Waals surface area contributed by atoms with Crippen LogP contribution in [-0.2, 0) is 10.8 Å². The van der Waals surface area contributed by atoms with Crippen LogP contribution in [0.25, 0.3) is 132 Å². The monoisotopic (exact) mass is 1270 g/mol. The van der Waals surface area contributed by atoms with Gasteiger partial charge in [0.1, 0.15) is 11.2 Å². The summed E-state index contributed by atoms with van der Waals surface area (Å²) in [6.45, 7) is 22.7. The van der Waals surface area contributed by atoms with Crippen molar-refractivity contribution in [1.29, 1.82) is 0 Å². The van der Waals surface area contributed by atoms with Crippen LogP contribution < -0.4 is 9.80 Å². The first-order valence-corrected chi connectivity index (χ1v) is 34.8. The van der Waals surface area contributed by atoms with Gasteiger partial charge in [-0.2, -0.15) is 0 Å². The van der Waals surface area contributed by atoms with Crippen molar-refractivity contribution in [1.82, 2.24) is 0 Å². The average Bonchev–Trinajstić information content (AvgIpc) is 0.885. The summed E-state index contributed by atoms with van der Waals surface area (Å²) >= 11 is 0. The molecule has 4 heteroatoms. The van der Waals surface area contributed by atoms with E-state index in [1.54, 1.807) is 0 Å². The lowest BCUT2D eigenvalue weighted by Crippen LogP contribution is -2.13. The third-order valence-electron chi connectivity index (χ3n) is 20.6. The maximum absolute atomic E-state index is 7.28. The molecule has 0 atom stereocenters. The summed E-state index contributed by atoms with van der Waals surface area (Å²) in [4.78, 5) is 4.87. The molecule has 0 bridgehead atoms. The molecular weight excluding hydrogens is 1190 g/mol. The number of furan rings is 2. The van der Waals surface area contributed by atoms with Gasteiger partial charge in [-0.05, 0) is 183 Å². The van der Waals surface area contributed by atoms with E-state index in [1.165, 1.54) is 77.5 Å². The second kappa shape index (κ2) is 23.3. The highest BCUT2D eigenvalue weighted by Gasteiger charge is 2.40. The Bertz CT molecular complexity index is 5410. The summed E-state index contributed by atoms with van der Waals surface area (Å²) in [7, 11) is 0. The molecule has 0 aliphatic heterocycles. The fraction of sp³-hybridized carbons (Fsp3) is 0.149. The fourth-order valence-corrected chi connectivity index (χ4v) is 15.8. The van der Waals surface area contributed by atoms with Crippen molar-refractivity contribution in [3.63, 3.8) is 0 Å². The first-order valence-electron chi connectivity index (χ1n) is 34.8. The zero-order valence-electron chi connectivity index (χ0n) is 57.4. The second-order valence-corrected chi connectivity index (χ2v) is 29.5. The number of nitrogens with zero attached hydrogens (tertiary/aromatic N) is 2. The normalized spacial score (nSPS) is 12.4. The Morgan fingerprint density at radius 3 is 0.837 bits per heavy atom. The number of para-hydroxylation sites is 4. The van der Waals surface area contributed by atoms with Gasteiger partial charge in [0, 0.05) is 55.4 Å². The van der Waals surface area contributed by atoms with Gasteiger partial charge >= 0.3 is 0 Å². The summed E-state index contributed by atoms with van der Waals surface area (Å²) in [5, 5.41) is 9.11. The van der Waals surface area contributed by atoms with E-state index in [1.807, 2.05) is 0 Å². The quantitative estimate of drug-likeness (QED) is 0.122. The molecule has 476 valence electrons. The molecule has 17 rings (SSSR count). The maximum Gasteiger partial charge on any atom is 0.159 e. The van der Waals surface area contributed by atoms with Crippen LogP contribution in [0.2, 0.25) is 0 Å². The van der Waals surface area contributed by atoms with Gasteiger partial charge in [0.05, 0.1) is 11.4 Å². The molecule has 0 radical (unpaired) electrons. The van der Waals surface area contributed by atoms with E-state index < -0.39 is 0 Å². The van der Waals surface area contributed by atoms with Gasteiger partial charge in [-0.3, -0.25) is 0 Å². The Balaban J connectivity index is 0.980. The van der Waals surface area contributed by atoms with E-state index in [0.29, 0.717) is 11.8 Å². The van der Waals surface area contributed by atoms with E-state index >= 15 is 0 Å². The number of fused-ring (bicyclic) bond motifs is 12. The highest BCUT2D eigenvalue weighted by Crippen LogP contribution is 2.66. The average molecular weight is 1270 g/mol. The van der Waals surface area contributed by atoms with Crippen molar-refractivity contribution in [2.24, 2.45) is 0 Å². The molecule has 14 aromatic carbocycles. The van der Waals surface area contributed by atoms with Gasteiger partial charge in [0.2, 0.25) is 0 Å². The number of hydrogen-bond acceptors (Lipinski definition) is 4. The number of anilines is 6. The Morgan fingerprint density at radius 1 is 0.245 bits per heavy atom. The zero-order chi connectivity index (χ0) is 66.9. The molecule has 0 saturated carbocycles. The smallest absolute Gasteiger partial charge is 0.159 e. The van der Waals surface area contributed by atoms with Crippen LogP contribution in [0.1, 0.15) is 103 Å². The lowest BCUT2D eigenvalue weighted by atomic mass is 9.65. The van der Waals surface area contributed by atoms with E-state index in [9.17, 15) is 0 Å². The van der Waals surface area contributed by atoms with Gasteiger partial charge in [-0.15, -0.1) is 0 Å². The molecule has 0 spiro atoms. The standard InChI is InChI=1S/C94H78N2O2/c1-57(2)59-43-47-65(48-44-59)95(79-41-25-37-73-71-35-23-39-77(93(5,6)7)89(71)97-91(73)79)67-51-53-69-75(55-67)83(63-31-19-13-20-32-63)87-85(81(69)61-27-15-11-16-28-61)88-84(64-33-21-14-22-34-64)76-56-68(52-54-70(76)82(86(87)88)62-29-17-12-18-30-62)96(66-49-45-60(46-50-66)58(3)4)80-42-26-38-74-72-36-24-40-78(94(8,9)10)90(72)98-92(74)80/h11-58H,1-10H3. The predicted molar refractivity (Wildman–Crippen MR) is 417 cm³/mol. The summed E-state index contributed by atoms with van der Waals surface area (Å²) in [5.74, 6) is 0.740. The van der Waals surface area contributed by atoms with Gasteiger partial charge < -0.3 is 18.6 Å². The lowest BCUT2D eigenvalue weighted by molar-refractivity contribution is 0.572. The Kier molecular flexibility index (Phi) is 14.4. The predicted octanol–water partition coefficient (Wildman–Crippen LogP) is 27.9. The summed E-state index contributed by atoms with van der Waals surface area (Å²) in [6, 6.07) is 104. The van der Waals surface area contributed by atoms with Gasteiger partial charge in [0.25, 0.3) is 0 Å². The summed E-state index contributed by atoms with van der Waals surface area (Å²) < 4.78 is 14.6. The Hall–Kier alpha value is -11.2. The molecule has 2 heterocycles. The minimum atomic E-state index is -0.133. The van der Waals surface area contributed by atoms with Crippen molar-refractivity contribution in [2.75, 3.05) is 9.80 Å². The first kappa shape index (κ1) is 60.5. The van der Waals surface area contributed by atoms with Crippen LogP contribution in [0, 0.1) is 0 Å². The van der Waals surface area contributed by atoms with Gasteiger partial charge in [-0.25, -0.2) is 0 Å². The van der Waals surface area contributed by atoms with Crippen LogP contribution in [0.5, 0.6) is 0 Å². The zero-order valence-corrected chi connectivity index (χ0v) is 57.4. The van der Waals surface area contributed by atoms with E-state index in [-0.39, 0.29) is 10.8 Å². The number of rotatable bonds is 12. The van der Waals surface area contributed by atoms with E-state index in [0.717, 1.165) is 111 Å². The first-order chi connectivity index (χ1) is 47.6. The van der Waals surface area contributed by atoms with Crippen LogP contribution >= 0.6 is 0 Å². The van der Waals surface area contributed by atoms with Crippen molar-refractivity contribution < 1.29 is 8.83 Å². The molecule has 4 nitrogen and oxygen atoms in total. The lowest BCUT2D eigenvalue weighted by Gasteiger charge is -2.38. The molecule has 16 aromatic rings. The number of benzene rings is 14. The van der Waals surface area contributed by atoms with Gasteiger partial charge in [-0.1, -0.05) is 288 Å². The summed E-state index contributed by atoms with van der Waals surface area (Å²) in [6.07, 6.45) is 0. The molecule has 0 saturated heterocycles. The second-order valence-electron chi connectivity index (χ2n) is 29.5. The summed E-state index contributed by atoms with van der Waals surface area (Å²) in [5.41, 5.74) is 28.9. The number of hydrogen-bond donors (Lipinski definition) is 0. The maximum atomic E-state index is 7.28. The molecule has 1 aliphatic rings. The van der Waals surface area contributed by atoms with Crippen LogP contribution in [0.4, 0.5) is 34.1 Å². The Labute approximate surface area is 574 Å². The van der Waals surface area contributed by atoms with Crippen LogP contribution in [0.15, 0.2) is 288 Å². The molecule has 0 N–H and O–H groups in total. The molecule has 1 aliphatic carbocycles. The van der Waals surface area contributed by atoms with E-state index in [4.69, 9.17) is 8.83 Å².